The second-order valence-corrected chi connectivity index (χ2v) is 7.42. The minimum Gasteiger partial charge on any atom is -0.352 e. The number of hydrogen-bond donors (Lipinski definition) is 2. The number of anilines is 2. The normalized spacial score (nSPS) is 16.8. The fraction of sp³-hybridized carbons (Fsp3) is 0.526. The summed E-state index contributed by atoms with van der Waals surface area (Å²) in [5.74, 6) is 1.27. The number of hydrogen-bond acceptors (Lipinski definition) is 4. The third-order valence-electron chi connectivity index (χ3n) is 4.71. The van der Waals surface area contributed by atoms with Gasteiger partial charge in [0.05, 0.1) is 5.69 Å². The molecule has 27 heavy (non-hydrogen) atoms. The maximum atomic E-state index is 13.9. The van der Waals surface area contributed by atoms with E-state index in [0.29, 0.717) is 30.6 Å². The highest BCUT2D eigenvalue weighted by Crippen LogP contribution is 2.21. The molecule has 1 saturated heterocycles. The number of pyridine rings is 1. The Morgan fingerprint density at radius 1 is 1.44 bits per heavy atom. The molecule has 2 amide bonds. The zero-order valence-electron chi connectivity index (χ0n) is 16.1. The maximum Gasteiger partial charge on any atom is 0.320 e. The summed E-state index contributed by atoms with van der Waals surface area (Å²) in [4.78, 5) is 18.3. The highest BCUT2D eigenvalue weighted by atomic mass is 19.1. The van der Waals surface area contributed by atoms with Crippen LogP contribution in [-0.2, 0) is 13.5 Å². The van der Waals surface area contributed by atoms with Crippen LogP contribution in [0.3, 0.4) is 0 Å². The van der Waals surface area contributed by atoms with Gasteiger partial charge in [0.25, 0.3) is 0 Å². The number of aryl methyl sites for hydroxylation is 2. The molecule has 3 heterocycles. The Bertz CT molecular complexity index is 790. The van der Waals surface area contributed by atoms with E-state index < -0.39 is 0 Å². The fourth-order valence-corrected chi connectivity index (χ4v) is 3.22. The highest BCUT2D eigenvalue weighted by molar-refractivity contribution is 5.88. The van der Waals surface area contributed by atoms with Crippen LogP contribution in [0.5, 0.6) is 0 Å². The lowest BCUT2D eigenvalue weighted by Crippen LogP contribution is -2.40. The first-order chi connectivity index (χ1) is 12.9. The number of carbonyl (C=O) groups excluding carboxylic acids is 1. The van der Waals surface area contributed by atoms with E-state index in [-0.39, 0.29) is 17.9 Å². The SMILES string of the molecule is CC(C)CCc1cc(NC(=O)N[C@H]2CCN(c3ncccc3F)C2)n(C)n1. The van der Waals surface area contributed by atoms with Crippen LogP contribution in [-0.4, -0.2) is 39.9 Å². The molecule has 2 aromatic heterocycles. The van der Waals surface area contributed by atoms with E-state index in [4.69, 9.17) is 0 Å². The van der Waals surface area contributed by atoms with Crippen molar-refractivity contribution in [3.63, 3.8) is 0 Å². The second kappa shape index (κ2) is 8.37. The van der Waals surface area contributed by atoms with Gasteiger partial charge in [-0.2, -0.15) is 5.10 Å². The van der Waals surface area contributed by atoms with Gasteiger partial charge in [-0.1, -0.05) is 13.8 Å². The first-order valence-corrected chi connectivity index (χ1v) is 9.38. The van der Waals surface area contributed by atoms with Crippen molar-refractivity contribution >= 4 is 17.7 Å². The zero-order valence-corrected chi connectivity index (χ0v) is 16.1. The molecular formula is C19H27FN6O. The van der Waals surface area contributed by atoms with E-state index >= 15 is 0 Å². The summed E-state index contributed by atoms with van der Waals surface area (Å²) in [5, 5.41) is 10.2. The predicted molar refractivity (Wildman–Crippen MR) is 103 cm³/mol. The maximum absolute atomic E-state index is 13.9. The van der Waals surface area contributed by atoms with Crippen molar-refractivity contribution in [3.8, 4) is 0 Å². The molecule has 2 aromatic rings. The number of urea groups is 1. The van der Waals surface area contributed by atoms with Crippen LogP contribution in [0.25, 0.3) is 0 Å². The lowest BCUT2D eigenvalue weighted by molar-refractivity contribution is 0.249. The summed E-state index contributed by atoms with van der Waals surface area (Å²) in [6.45, 7) is 5.55. The number of nitrogens with one attached hydrogen (secondary N) is 2. The third kappa shape index (κ3) is 4.96. The van der Waals surface area contributed by atoms with Crippen molar-refractivity contribution in [3.05, 3.63) is 35.9 Å². The number of halogens is 1. The summed E-state index contributed by atoms with van der Waals surface area (Å²) < 4.78 is 15.5. The van der Waals surface area contributed by atoms with Gasteiger partial charge < -0.3 is 10.2 Å². The molecule has 0 aliphatic carbocycles. The van der Waals surface area contributed by atoms with Gasteiger partial charge in [0, 0.05) is 38.4 Å². The molecule has 1 aliphatic rings. The number of amides is 2. The van der Waals surface area contributed by atoms with Crippen LogP contribution in [0.4, 0.5) is 20.8 Å². The first kappa shape index (κ1) is 19.1. The largest absolute Gasteiger partial charge is 0.352 e. The number of rotatable bonds is 6. The van der Waals surface area contributed by atoms with E-state index in [1.54, 1.807) is 16.9 Å². The molecule has 0 bridgehead atoms. The number of nitrogens with zero attached hydrogens (tertiary/aromatic N) is 4. The molecule has 0 spiro atoms. The Balaban J connectivity index is 1.52. The van der Waals surface area contributed by atoms with Gasteiger partial charge in [-0.15, -0.1) is 0 Å². The molecule has 0 aromatic carbocycles. The van der Waals surface area contributed by atoms with E-state index in [1.807, 2.05) is 18.0 Å². The number of aromatic nitrogens is 3. The Labute approximate surface area is 159 Å². The lowest BCUT2D eigenvalue weighted by atomic mass is 10.1. The van der Waals surface area contributed by atoms with Crippen molar-refractivity contribution < 1.29 is 9.18 Å². The zero-order chi connectivity index (χ0) is 19.4. The molecule has 1 aliphatic heterocycles. The van der Waals surface area contributed by atoms with E-state index in [1.165, 1.54) is 6.07 Å². The van der Waals surface area contributed by atoms with Gasteiger partial charge in [-0.05, 0) is 37.3 Å². The Hall–Kier alpha value is -2.64. The van der Waals surface area contributed by atoms with Gasteiger partial charge in [-0.25, -0.2) is 14.2 Å². The van der Waals surface area contributed by atoms with Crippen LogP contribution in [0.1, 0.15) is 32.4 Å². The molecule has 0 saturated carbocycles. The van der Waals surface area contributed by atoms with Crippen LogP contribution in [0, 0.1) is 11.7 Å². The molecule has 1 fully saturated rings. The molecule has 7 nitrogen and oxygen atoms in total. The van der Waals surface area contributed by atoms with E-state index in [2.05, 4.69) is 34.6 Å². The van der Waals surface area contributed by atoms with Crippen molar-refractivity contribution in [2.24, 2.45) is 13.0 Å². The van der Waals surface area contributed by atoms with Crippen LogP contribution in [0.15, 0.2) is 24.4 Å². The van der Waals surface area contributed by atoms with Crippen LogP contribution < -0.4 is 15.5 Å². The standard InChI is InChI=1S/C19H27FN6O/c1-13(2)6-7-14-11-17(25(3)24-14)23-19(27)22-15-8-10-26(12-15)18-16(20)5-4-9-21-18/h4-5,9,11,13,15H,6-8,10,12H2,1-3H3,(H2,22,23,27)/t15-/m0/s1. The Morgan fingerprint density at radius 2 is 2.26 bits per heavy atom. The summed E-state index contributed by atoms with van der Waals surface area (Å²) in [7, 11) is 1.82. The average Bonchev–Trinajstić information content (AvgIpc) is 3.20. The molecule has 0 radical (unpaired) electrons. The Morgan fingerprint density at radius 3 is 3.00 bits per heavy atom. The van der Waals surface area contributed by atoms with Gasteiger partial charge in [0.1, 0.15) is 5.82 Å². The van der Waals surface area contributed by atoms with Gasteiger partial charge in [0.15, 0.2) is 11.6 Å². The van der Waals surface area contributed by atoms with Crippen molar-refractivity contribution in [1.29, 1.82) is 0 Å². The molecule has 2 N–H and O–H groups in total. The monoisotopic (exact) mass is 374 g/mol. The first-order valence-electron chi connectivity index (χ1n) is 9.38. The molecular weight excluding hydrogens is 347 g/mol. The van der Waals surface area contributed by atoms with Gasteiger partial charge >= 0.3 is 6.03 Å². The van der Waals surface area contributed by atoms with E-state index in [9.17, 15) is 9.18 Å². The average molecular weight is 374 g/mol. The molecule has 0 unspecified atom stereocenters. The summed E-state index contributed by atoms with van der Waals surface area (Å²) in [5.41, 5.74) is 0.971. The smallest absolute Gasteiger partial charge is 0.320 e. The second-order valence-electron chi connectivity index (χ2n) is 7.42. The van der Waals surface area contributed by atoms with Gasteiger partial charge in [0.2, 0.25) is 0 Å². The molecule has 146 valence electrons. The highest BCUT2D eigenvalue weighted by Gasteiger charge is 2.26. The minimum absolute atomic E-state index is 0.0555. The van der Waals surface area contributed by atoms with Gasteiger partial charge in [-0.3, -0.25) is 10.00 Å². The van der Waals surface area contributed by atoms with Crippen molar-refractivity contribution in [1.82, 2.24) is 20.1 Å². The topological polar surface area (TPSA) is 75.1 Å². The summed E-state index contributed by atoms with van der Waals surface area (Å²) in [6, 6.07) is 4.55. The molecule has 1 atom stereocenters. The summed E-state index contributed by atoms with van der Waals surface area (Å²) >= 11 is 0. The quantitative estimate of drug-likeness (QED) is 0.815. The summed E-state index contributed by atoms with van der Waals surface area (Å²) in [6.07, 6.45) is 4.27. The van der Waals surface area contributed by atoms with Crippen LogP contribution in [0.2, 0.25) is 0 Å². The predicted octanol–water partition coefficient (Wildman–Crippen LogP) is 2.94. The number of carbonyl (C=O) groups is 1. The molecule has 8 heteroatoms. The van der Waals surface area contributed by atoms with E-state index in [0.717, 1.165) is 25.0 Å². The Kier molecular flexibility index (Phi) is 5.93. The van der Waals surface area contributed by atoms with Crippen molar-refractivity contribution in [2.75, 3.05) is 23.3 Å². The van der Waals surface area contributed by atoms with Crippen LogP contribution >= 0.6 is 0 Å². The fourth-order valence-electron chi connectivity index (χ4n) is 3.22. The minimum atomic E-state index is -0.341. The van der Waals surface area contributed by atoms with Crippen molar-refractivity contribution in [2.45, 2.75) is 39.2 Å². The molecule has 3 rings (SSSR count). The lowest BCUT2D eigenvalue weighted by Gasteiger charge is -2.18. The third-order valence-corrected chi connectivity index (χ3v) is 4.71.